The first kappa shape index (κ1) is 12.3. The Bertz CT molecular complexity index is 420. The van der Waals surface area contributed by atoms with Crippen LogP contribution in [0.3, 0.4) is 0 Å². The van der Waals surface area contributed by atoms with Gasteiger partial charge in [0.25, 0.3) is 0 Å². The Morgan fingerprint density at radius 2 is 2.00 bits per heavy atom. The molecule has 0 aliphatic rings. The molecule has 1 rings (SSSR count). The van der Waals surface area contributed by atoms with Crippen LogP contribution in [0.4, 0.5) is 0 Å². The number of carbonyl (C=O) groups is 2. The van der Waals surface area contributed by atoms with Gasteiger partial charge in [-0.15, -0.1) is 0 Å². The van der Waals surface area contributed by atoms with E-state index in [1.165, 1.54) is 12.1 Å². The van der Waals surface area contributed by atoms with Crippen molar-refractivity contribution >= 4 is 23.5 Å². The van der Waals surface area contributed by atoms with Gasteiger partial charge < -0.3 is 14.9 Å². The molecule has 0 amide bonds. The first-order valence-electron chi connectivity index (χ1n) is 4.20. The fraction of sp³-hybridized carbons (Fsp3) is 0.222. The van der Waals surface area contributed by atoms with Crippen LogP contribution in [-0.4, -0.2) is 33.7 Å². The number of halogens is 1. The molecule has 0 saturated heterocycles. The lowest BCUT2D eigenvalue weighted by Crippen LogP contribution is -2.10. The summed E-state index contributed by atoms with van der Waals surface area (Å²) in [6, 6.07) is 2.71. The van der Waals surface area contributed by atoms with Gasteiger partial charge in [-0.2, -0.15) is 0 Å². The van der Waals surface area contributed by atoms with Gasteiger partial charge in [-0.25, -0.2) is 9.78 Å². The first-order chi connectivity index (χ1) is 7.47. The van der Waals surface area contributed by atoms with E-state index in [0.29, 0.717) is 5.56 Å². The monoisotopic (exact) mass is 245 g/mol. The van der Waals surface area contributed by atoms with Gasteiger partial charge in [0.05, 0.1) is 6.42 Å². The Balaban J connectivity index is 2.80. The highest BCUT2D eigenvalue weighted by Crippen LogP contribution is 2.16. The second-order valence-corrected chi connectivity index (χ2v) is 3.28. The van der Waals surface area contributed by atoms with E-state index in [2.05, 4.69) is 4.98 Å². The van der Waals surface area contributed by atoms with Crippen molar-refractivity contribution in [1.82, 2.24) is 4.98 Å². The van der Waals surface area contributed by atoms with Crippen LogP contribution >= 0.6 is 11.6 Å². The van der Waals surface area contributed by atoms with Crippen LogP contribution in [-0.2, 0) is 16.0 Å². The van der Waals surface area contributed by atoms with E-state index in [1.54, 1.807) is 0 Å². The summed E-state index contributed by atoms with van der Waals surface area (Å²) in [5, 5.41) is 17.0. The Hall–Kier alpha value is -1.82. The maximum absolute atomic E-state index is 10.5. The topological polar surface area (TPSA) is 96.7 Å². The average molecular weight is 246 g/mol. The molecule has 0 spiro atoms. The zero-order valence-electron chi connectivity index (χ0n) is 8.01. The van der Waals surface area contributed by atoms with Gasteiger partial charge in [-0.3, -0.25) is 4.79 Å². The molecule has 86 valence electrons. The molecule has 0 radical (unpaired) electrons. The summed E-state index contributed by atoms with van der Waals surface area (Å²) in [6.07, 6.45) is -0.230. The summed E-state index contributed by atoms with van der Waals surface area (Å²) in [7, 11) is 0. The van der Waals surface area contributed by atoms with Crippen LogP contribution < -0.4 is 4.74 Å². The molecule has 7 heteroatoms. The zero-order valence-corrected chi connectivity index (χ0v) is 8.77. The van der Waals surface area contributed by atoms with Gasteiger partial charge in [0, 0.05) is 6.07 Å². The molecule has 0 atom stereocenters. The van der Waals surface area contributed by atoms with E-state index >= 15 is 0 Å². The van der Waals surface area contributed by atoms with Crippen LogP contribution in [0.2, 0.25) is 5.15 Å². The van der Waals surface area contributed by atoms with Crippen molar-refractivity contribution in [2.45, 2.75) is 6.42 Å². The van der Waals surface area contributed by atoms with Gasteiger partial charge in [0.2, 0.25) is 5.88 Å². The minimum Gasteiger partial charge on any atom is -0.481 e. The second kappa shape index (κ2) is 5.32. The molecule has 1 aromatic heterocycles. The quantitative estimate of drug-likeness (QED) is 0.746. The third-order valence-corrected chi connectivity index (χ3v) is 1.72. The van der Waals surface area contributed by atoms with Crippen molar-refractivity contribution in [2.24, 2.45) is 0 Å². The number of nitrogens with zero attached hydrogens (tertiary/aromatic N) is 1. The molecule has 6 nitrogen and oxygen atoms in total. The van der Waals surface area contributed by atoms with E-state index < -0.39 is 18.5 Å². The molecule has 0 aliphatic heterocycles. The number of carboxylic acid groups (broad SMARTS) is 2. The Morgan fingerprint density at radius 1 is 1.31 bits per heavy atom. The number of carboxylic acids is 2. The van der Waals surface area contributed by atoms with E-state index in [4.69, 9.17) is 26.6 Å². The van der Waals surface area contributed by atoms with Gasteiger partial charge in [-0.05, 0) is 11.6 Å². The molecule has 0 aromatic carbocycles. The van der Waals surface area contributed by atoms with Crippen molar-refractivity contribution in [2.75, 3.05) is 6.61 Å². The fourth-order valence-electron chi connectivity index (χ4n) is 1.01. The van der Waals surface area contributed by atoms with Crippen LogP contribution in [0.25, 0.3) is 0 Å². The van der Waals surface area contributed by atoms with Crippen molar-refractivity contribution < 1.29 is 24.5 Å². The number of aliphatic carboxylic acids is 2. The summed E-state index contributed by atoms with van der Waals surface area (Å²) in [6.45, 7) is -0.556. The lowest BCUT2D eigenvalue weighted by Gasteiger charge is -2.04. The van der Waals surface area contributed by atoms with Gasteiger partial charge >= 0.3 is 11.9 Å². The van der Waals surface area contributed by atoms with Gasteiger partial charge in [0.1, 0.15) is 5.15 Å². The normalized spacial score (nSPS) is 9.81. The molecule has 16 heavy (non-hydrogen) atoms. The lowest BCUT2D eigenvalue weighted by atomic mass is 10.2. The van der Waals surface area contributed by atoms with E-state index in [0.717, 1.165) is 0 Å². The van der Waals surface area contributed by atoms with Crippen molar-refractivity contribution in [1.29, 1.82) is 0 Å². The summed E-state index contributed by atoms with van der Waals surface area (Å²) in [5.41, 5.74) is 0.396. The van der Waals surface area contributed by atoms with Crippen LogP contribution in [0.15, 0.2) is 12.1 Å². The number of pyridine rings is 1. The highest BCUT2D eigenvalue weighted by atomic mass is 35.5. The predicted molar refractivity (Wildman–Crippen MR) is 53.7 cm³/mol. The summed E-state index contributed by atoms with van der Waals surface area (Å²) < 4.78 is 4.78. The standard InChI is InChI=1S/C9H8ClNO5/c10-6-1-5(3-8(12)13)2-7(11-6)16-4-9(14)15/h1-2H,3-4H2,(H,12,13)(H,14,15). The number of aromatic nitrogens is 1. The second-order valence-electron chi connectivity index (χ2n) is 2.89. The van der Waals surface area contributed by atoms with E-state index in [-0.39, 0.29) is 17.5 Å². The minimum atomic E-state index is -1.15. The highest BCUT2D eigenvalue weighted by molar-refractivity contribution is 6.29. The van der Waals surface area contributed by atoms with E-state index in [1.807, 2.05) is 0 Å². The molecule has 0 saturated carbocycles. The number of rotatable bonds is 5. The SMILES string of the molecule is O=C(O)COc1cc(CC(=O)O)cc(Cl)n1. The largest absolute Gasteiger partial charge is 0.481 e. The zero-order chi connectivity index (χ0) is 12.1. The smallest absolute Gasteiger partial charge is 0.341 e. The summed E-state index contributed by atoms with van der Waals surface area (Å²) >= 11 is 5.62. The predicted octanol–water partition coefficient (Wildman–Crippen LogP) is 0.825. The Kier molecular flexibility index (Phi) is 4.07. The molecule has 0 fully saturated rings. The highest BCUT2D eigenvalue weighted by Gasteiger charge is 2.07. The summed E-state index contributed by atoms with van der Waals surface area (Å²) in [5.74, 6) is -2.18. The maximum atomic E-state index is 10.5. The van der Waals surface area contributed by atoms with Crippen LogP contribution in [0, 0.1) is 0 Å². The molecule has 0 aliphatic carbocycles. The summed E-state index contributed by atoms with van der Waals surface area (Å²) in [4.78, 5) is 24.4. The van der Waals surface area contributed by atoms with Gasteiger partial charge in [0.15, 0.2) is 6.61 Å². The Morgan fingerprint density at radius 3 is 2.56 bits per heavy atom. The number of hydrogen-bond donors (Lipinski definition) is 2. The Labute approximate surface area is 95.4 Å². The van der Waals surface area contributed by atoms with Crippen molar-refractivity contribution in [3.63, 3.8) is 0 Å². The van der Waals surface area contributed by atoms with Gasteiger partial charge in [-0.1, -0.05) is 11.6 Å². The first-order valence-corrected chi connectivity index (χ1v) is 4.58. The number of hydrogen-bond acceptors (Lipinski definition) is 4. The molecule has 1 aromatic rings. The lowest BCUT2D eigenvalue weighted by molar-refractivity contribution is -0.139. The van der Waals surface area contributed by atoms with Crippen molar-refractivity contribution in [3.05, 3.63) is 22.8 Å². The van der Waals surface area contributed by atoms with Crippen LogP contribution in [0.1, 0.15) is 5.56 Å². The third-order valence-electron chi connectivity index (χ3n) is 1.53. The molecular formula is C9H8ClNO5. The van der Waals surface area contributed by atoms with Crippen molar-refractivity contribution in [3.8, 4) is 5.88 Å². The maximum Gasteiger partial charge on any atom is 0.341 e. The molecular weight excluding hydrogens is 238 g/mol. The molecule has 0 unspecified atom stereocenters. The molecule has 1 heterocycles. The van der Waals surface area contributed by atoms with Crippen LogP contribution in [0.5, 0.6) is 5.88 Å². The minimum absolute atomic E-state index is 0.00819. The number of ether oxygens (including phenoxy) is 1. The fourth-order valence-corrected chi connectivity index (χ4v) is 1.23. The molecule has 2 N–H and O–H groups in total. The average Bonchev–Trinajstić information content (AvgIpc) is 2.12. The van der Waals surface area contributed by atoms with E-state index in [9.17, 15) is 9.59 Å². The third kappa shape index (κ3) is 4.14. The molecule has 0 bridgehead atoms.